The quantitative estimate of drug-likeness (QED) is 0.0427. The minimum absolute atomic E-state index is 0.403. The van der Waals surface area contributed by atoms with Gasteiger partial charge in [-0.1, -0.05) is 78.1 Å². The normalized spacial score (nSPS) is 11.5. The number of anilines is 1. The molecule has 49 heavy (non-hydrogen) atoms. The van der Waals surface area contributed by atoms with Gasteiger partial charge in [-0.2, -0.15) is 5.11 Å². The molecule has 0 radical (unpaired) electrons. The van der Waals surface area contributed by atoms with Gasteiger partial charge in [0.05, 0.1) is 32.6 Å². The first-order valence-electron chi connectivity index (χ1n) is 18.5. The van der Waals surface area contributed by atoms with Crippen LogP contribution >= 0.6 is 0 Å². The highest BCUT2D eigenvalue weighted by atomic mass is 16.5. The Morgan fingerprint density at radius 1 is 0.653 bits per heavy atom. The van der Waals surface area contributed by atoms with Gasteiger partial charge in [0.25, 0.3) is 0 Å². The number of amides is 1. The standard InChI is InChI=1S/C39H60N4O6/c1-4-6-8-9-10-11-12-13-14-15-25-46-26-16-23-43(32-44)39-38(42-41-33-17-19-34(45-3)20-18-33)36-31-35(21-22-37(36)40-39)49-30-29-48-28-27-47-24-7-5-2/h17-22,31-32,40H,4-16,23-30H2,1-3H3. The fourth-order valence-corrected chi connectivity index (χ4v) is 5.43. The summed E-state index contributed by atoms with van der Waals surface area (Å²) in [5.74, 6) is 2.00. The smallest absolute Gasteiger partial charge is 0.215 e. The third-order valence-electron chi connectivity index (χ3n) is 8.32. The molecule has 1 aromatic heterocycles. The van der Waals surface area contributed by atoms with E-state index in [9.17, 15) is 4.79 Å². The summed E-state index contributed by atoms with van der Waals surface area (Å²) in [4.78, 5) is 17.4. The topological polar surface area (TPSA) is 107 Å². The zero-order chi connectivity index (χ0) is 34.8. The Kier molecular flexibility index (Phi) is 20.8. The summed E-state index contributed by atoms with van der Waals surface area (Å²) in [7, 11) is 1.63. The molecule has 0 spiro atoms. The molecule has 0 unspecified atom stereocenters. The third-order valence-corrected chi connectivity index (χ3v) is 8.32. The van der Waals surface area contributed by atoms with Crippen molar-refractivity contribution in [2.75, 3.05) is 64.8 Å². The maximum atomic E-state index is 12.3. The number of ether oxygens (including phenoxy) is 5. The molecule has 0 aliphatic rings. The van der Waals surface area contributed by atoms with Gasteiger partial charge in [0, 0.05) is 37.3 Å². The number of unbranched alkanes of at least 4 members (excludes halogenated alkanes) is 10. The fourth-order valence-electron chi connectivity index (χ4n) is 5.43. The van der Waals surface area contributed by atoms with Crippen molar-refractivity contribution in [1.82, 2.24) is 4.98 Å². The highest BCUT2D eigenvalue weighted by Crippen LogP contribution is 2.39. The van der Waals surface area contributed by atoms with E-state index in [0.29, 0.717) is 68.9 Å². The van der Waals surface area contributed by atoms with Crippen molar-refractivity contribution in [3.05, 3.63) is 42.5 Å². The van der Waals surface area contributed by atoms with Gasteiger partial charge in [0.2, 0.25) is 6.41 Å². The van der Waals surface area contributed by atoms with E-state index in [1.807, 2.05) is 42.5 Å². The number of nitrogens with zero attached hydrogens (tertiary/aromatic N) is 3. The van der Waals surface area contributed by atoms with Crippen LogP contribution in [-0.2, 0) is 19.0 Å². The Labute approximate surface area is 293 Å². The number of benzene rings is 2. The van der Waals surface area contributed by atoms with Crippen molar-refractivity contribution in [2.45, 2.75) is 97.3 Å². The second-order valence-corrected chi connectivity index (χ2v) is 12.3. The van der Waals surface area contributed by atoms with E-state index in [4.69, 9.17) is 23.7 Å². The molecule has 1 heterocycles. The second kappa shape index (κ2) is 25.5. The van der Waals surface area contributed by atoms with Gasteiger partial charge in [0.1, 0.15) is 29.6 Å². The number of rotatable bonds is 30. The summed E-state index contributed by atoms with van der Waals surface area (Å²) in [6.45, 7) is 8.99. The molecule has 1 amide bonds. The Balaban J connectivity index is 1.54. The van der Waals surface area contributed by atoms with Gasteiger partial charge < -0.3 is 28.7 Å². The van der Waals surface area contributed by atoms with E-state index in [2.05, 4.69) is 29.1 Å². The number of methoxy groups -OCH3 is 1. The van der Waals surface area contributed by atoms with Crippen LogP contribution in [-0.4, -0.2) is 71.3 Å². The fraction of sp³-hybridized carbons (Fsp3) is 0.615. The summed E-state index contributed by atoms with van der Waals surface area (Å²) >= 11 is 0. The van der Waals surface area contributed by atoms with Crippen LogP contribution in [0.5, 0.6) is 11.5 Å². The molecule has 0 atom stereocenters. The number of carbonyl (C=O) groups is 1. The Bertz CT molecular complexity index is 1310. The average molecular weight is 681 g/mol. The molecule has 0 saturated heterocycles. The minimum atomic E-state index is 0.403. The van der Waals surface area contributed by atoms with Crippen LogP contribution in [0, 0.1) is 0 Å². The molecular formula is C39H60N4O6. The van der Waals surface area contributed by atoms with Crippen LogP contribution in [0.2, 0.25) is 0 Å². The van der Waals surface area contributed by atoms with Crippen LogP contribution in [0.4, 0.5) is 17.2 Å². The third kappa shape index (κ3) is 15.7. The number of azo groups is 1. The number of carbonyl (C=O) groups excluding carboxylic acids is 1. The van der Waals surface area contributed by atoms with Crippen LogP contribution in [0.15, 0.2) is 52.7 Å². The largest absolute Gasteiger partial charge is 0.497 e. The Morgan fingerprint density at radius 3 is 1.94 bits per heavy atom. The highest BCUT2D eigenvalue weighted by molar-refractivity contribution is 6.01. The summed E-state index contributed by atoms with van der Waals surface area (Å²) < 4.78 is 28.4. The van der Waals surface area contributed by atoms with Crippen LogP contribution in [0.25, 0.3) is 10.9 Å². The van der Waals surface area contributed by atoms with Gasteiger partial charge in [-0.25, -0.2) is 0 Å². The zero-order valence-electron chi connectivity index (χ0n) is 30.3. The predicted molar refractivity (Wildman–Crippen MR) is 198 cm³/mol. The monoisotopic (exact) mass is 680 g/mol. The van der Waals surface area contributed by atoms with Gasteiger partial charge >= 0.3 is 0 Å². The summed E-state index contributed by atoms with van der Waals surface area (Å²) in [5.41, 5.74) is 2.06. The van der Waals surface area contributed by atoms with Crippen molar-refractivity contribution in [1.29, 1.82) is 0 Å². The van der Waals surface area contributed by atoms with Crippen LogP contribution in [0.1, 0.15) is 97.3 Å². The number of aromatic amines is 1. The highest BCUT2D eigenvalue weighted by Gasteiger charge is 2.18. The van der Waals surface area contributed by atoms with Crippen molar-refractivity contribution in [3.8, 4) is 11.5 Å². The number of hydrogen-bond acceptors (Lipinski definition) is 8. The first-order chi connectivity index (χ1) is 24.2. The summed E-state index contributed by atoms with van der Waals surface area (Å²) in [5, 5.41) is 9.92. The lowest BCUT2D eigenvalue weighted by molar-refractivity contribution is -0.107. The van der Waals surface area contributed by atoms with E-state index in [0.717, 1.165) is 55.5 Å². The lowest BCUT2D eigenvalue weighted by Gasteiger charge is -2.16. The molecule has 3 aromatic rings. The average Bonchev–Trinajstić information content (AvgIpc) is 3.49. The van der Waals surface area contributed by atoms with Crippen molar-refractivity contribution < 1.29 is 28.5 Å². The Morgan fingerprint density at radius 2 is 1.24 bits per heavy atom. The van der Waals surface area contributed by atoms with Crippen molar-refractivity contribution in [2.24, 2.45) is 10.2 Å². The molecule has 10 heteroatoms. The molecule has 0 aliphatic heterocycles. The van der Waals surface area contributed by atoms with E-state index in [1.165, 1.54) is 57.8 Å². The predicted octanol–water partition coefficient (Wildman–Crippen LogP) is 10.1. The van der Waals surface area contributed by atoms with Crippen LogP contribution < -0.4 is 14.4 Å². The summed E-state index contributed by atoms with van der Waals surface area (Å²) in [6, 6.07) is 13.1. The van der Waals surface area contributed by atoms with Crippen molar-refractivity contribution in [3.63, 3.8) is 0 Å². The molecule has 0 aliphatic carbocycles. The van der Waals surface area contributed by atoms with Gasteiger partial charge in [-0.05, 0) is 61.7 Å². The van der Waals surface area contributed by atoms with Gasteiger partial charge in [0.15, 0.2) is 0 Å². The van der Waals surface area contributed by atoms with E-state index in [-0.39, 0.29) is 0 Å². The Hall–Kier alpha value is -3.47. The number of fused-ring (bicyclic) bond motifs is 1. The number of nitrogens with one attached hydrogen (secondary N) is 1. The lowest BCUT2D eigenvalue weighted by atomic mass is 10.1. The number of aromatic nitrogens is 1. The second-order valence-electron chi connectivity index (χ2n) is 12.3. The summed E-state index contributed by atoms with van der Waals surface area (Å²) in [6.07, 6.45) is 16.7. The maximum absolute atomic E-state index is 12.3. The molecular weight excluding hydrogens is 620 g/mol. The molecule has 0 fully saturated rings. The van der Waals surface area contributed by atoms with E-state index in [1.54, 1.807) is 12.0 Å². The molecule has 0 saturated carbocycles. The molecule has 3 rings (SSSR count). The SMILES string of the molecule is CCCCCCCCCCCCOCCCN(C=O)c1[nH]c2ccc(OCCOCCOCCCC)cc2c1N=Nc1ccc(OC)cc1. The molecule has 1 N–H and O–H groups in total. The first-order valence-corrected chi connectivity index (χ1v) is 18.5. The van der Waals surface area contributed by atoms with Crippen molar-refractivity contribution >= 4 is 34.5 Å². The molecule has 272 valence electrons. The van der Waals surface area contributed by atoms with Gasteiger partial charge in [-0.3, -0.25) is 9.69 Å². The van der Waals surface area contributed by atoms with Crippen LogP contribution in [0.3, 0.4) is 0 Å². The minimum Gasteiger partial charge on any atom is -0.497 e. The number of hydrogen-bond donors (Lipinski definition) is 1. The van der Waals surface area contributed by atoms with E-state index < -0.39 is 0 Å². The van der Waals surface area contributed by atoms with E-state index >= 15 is 0 Å². The maximum Gasteiger partial charge on any atom is 0.215 e. The van der Waals surface area contributed by atoms with Gasteiger partial charge in [-0.15, -0.1) is 5.11 Å². The number of H-pyrrole nitrogens is 1. The first kappa shape index (κ1) is 40.0. The molecule has 0 bridgehead atoms. The zero-order valence-corrected chi connectivity index (χ0v) is 30.3. The lowest BCUT2D eigenvalue weighted by Crippen LogP contribution is -2.24. The molecule has 10 nitrogen and oxygen atoms in total. The molecule has 2 aromatic carbocycles.